The van der Waals surface area contributed by atoms with Crippen molar-refractivity contribution in [1.29, 1.82) is 0 Å². The third-order valence-electron chi connectivity index (χ3n) is 1.85. The molecule has 1 aromatic carbocycles. The van der Waals surface area contributed by atoms with Gasteiger partial charge in [0.1, 0.15) is 0 Å². The Morgan fingerprint density at radius 3 is 2.50 bits per heavy atom. The minimum atomic E-state index is -4.23. The van der Waals surface area contributed by atoms with Crippen molar-refractivity contribution >= 4 is 15.9 Å². The van der Waals surface area contributed by atoms with E-state index in [2.05, 4.69) is 15.9 Å². The van der Waals surface area contributed by atoms with Gasteiger partial charge in [-0.05, 0) is 24.5 Å². The van der Waals surface area contributed by atoms with Gasteiger partial charge in [0.2, 0.25) is 0 Å². The lowest BCUT2D eigenvalue weighted by Gasteiger charge is -2.07. The zero-order chi connectivity index (χ0) is 10.6. The number of aryl methyl sites for hydroxylation is 1. The van der Waals surface area contributed by atoms with E-state index in [1.165, 1.54) is 12.1 Å². The third kappa shape index (κ3) is 3.33. The number of benzene rings is 1. The van der Waals surface area contributed by atoms with Crippen molar-refractivity contribution in [1.82, 2.24) is 0 Å². The predicted molar refractivity (Wildman–Crippen MR) is 53.6 cm³/mol. The minimum Gasteiger partial charge on any atom is -0.166 e. The number of hydrogen-bond donors (Lipinski definition) is 0. The van der Waals surface area contributed by atoms with Crippen LogP contribution in [-0.4, -0.2) is 5.33 Å². The highest BCUT2D eigenvalue weighted by Crippen LogP contribution is 2.29. The van der Waals surface area contributed by atoms with Gasteiger partial charge in [-0.2, -0.15) is 13.2 Å². The maximum Gasteiger partial charge on any atom is 0.416 e. The second-order valence-corrected chi connectivity index (χ2v) is 3.78. The van der Waals surface area contributed by atoms with Gasteiger partial charge in [-0.1, -0.05) is 34.1 Å². The third-order valence-corrected chi connectivity index (χ3v) is 2.41. The molecule has 0 spiro atoms. The highest BCUT2D eigenvalue weighted by atomic mass is 79.9. The fraction of sp³-hybridized carbons (Fsp3) is 0.400. The maximum absolute atomic E-state index is 12.3. The standard InChI is InChI=1S/C10H10BrF3/c11-6-2-4-8-3-1-5-9(7-8)10(12,13)14/h1,3,5,7H,2,4,6H2. The first-order chi connectivity index (χ1) is 6.54. The van der Waals surface area contributed by atoms with Crippen molar-refractivity contribution in [3.8, 4) is 0 Å². The van der Waals surface area contributed by atoms with Crippen LogP contribution in [0.25, 0.3) is 0 Å². The van der Waals surface area contributed by atoms with Crippen molar-refractivity contribution in [3.05, 3.63) is 35.4 Å². The van der Waals surface area contributed by atoms with Crippen molar-refractivity contribution in [2.45, 2.75) is 19.0 Å². The van der Waals surface area contributed by atoms with E-state index in [4.69, 9.17) is 0 Å². The summed E-state index contributed by atoms with van der Waals surface area (Å²) in [6, 6.07) is 5.48. The molecule has 0 heterocycles. The number of halogens is 4. The second-order valence-electron chi connectivity index (χ2n) is 2.99. The Labute approximate surface area is 89.3 Å². The molecular formula is C10H10BrF3. The number of alkyl halides is 4. The van der Waals surface area contributed by atoms with E-state index in [0.717, 1.165) is 23.4 Å². The molecule has 78 valence electrons. The first kappa shape index (κ1) is 11.6. The highest BCUT2D eigenvalue weighted by molar-refractivity contribution is 9.09. The number of rotatable bonds is 3. The first-order valence-corrected chi connectivity index (χ1v) is 5.38. The summed E-state index contributed by atoms with van der Waals surface area (Å²) in [5, 5.41) is 0.809. The van der Waals surface area contributed by atoms with Crippen molar-refractivity contribution in [2.75, 3.05) is 5.33 Å². The predicted octanol–water partition coefficient (Wildman–Crippen LogP) is 4.03. The molecule has 0 amide bonds. The molecule has 0 unspecified atom stereocenters. The van der Waals surface area contributed by atoms with Crippen LogP contribution < -0.4 is 0 Å². The fourth-order valence-corrected chi connectivity index (χ4v) is 1.45. The zero-order valence-electron chi connectivity index (χ0n) is 7.44. The lowest BCUT2D eigenvalue weighted by Crippen LogP contribution is -2.05. The van der Waals surface area contributed by atoms with Gasteiger partial charge in [0.25, 0.3) is 0 Å². The Bertz CT molecular complexity index is 294. The molecule has 0 atom stereocenters. The second kappa shape index (κ2) is 4.82. The zero-order valence-corrected chi connectivity index (χ0v) is 9.03. The largest absolute Gasteiger partial charge is 0.416 e. The fourth-order valence-electron chi connectivity index (χ4n) is 1.17. The summed E-state index contributed by atoms with van der Waals surface area (Å²) in [5.74, 6) is 0. The van der Waals surface area contributed by atoms with E-state index in [0.29, 0.717) is 6.42 Å². The van der Waals surface area contributed by atoms with Crippen LogP contribution in [0.1, 0.15) is 17.5 Å². The van der Waals surface area contributed by atoms with E-state index in [1.54, 1.807) is 6.07 Å². The first-order valence-electron chi connectivity index (χ1n) is 4.26. The van der Waals surface area contributed by atoms with Crippen LogP contribution in [0.3, 0.4) is 0 Å². The molecule has 0 fully saturated rings. The van der Waals surface area contributed by atoms with Crippen molar-refractivity contribution < 1.29 is 13.2 Å². The van der Waals surface area contributed by atoms with Gasteiger partial charge in [-0.25, -0.2) is 0 Å². The topological polar surface area (TPSA) is 0 Å². The van der Waals surface area contributed by atoms with Crippen LogP contribution >= 0.6 is 15.9 Å². The molecule has 0 bridgehead atoms. The molecule has 0 saturated carbocycles. The quantitative estimate of drug-likeness (QED) is 0.725. The van der Waals surface area contributed by atoms with Gasteiger partial charge in [0, 0.05) is 5.33 Å². The monoisotopic (exact) mass is 266 g/mol. The van der Waals surface area contributed by atoms with Crippen LogP contribution in [0.2, 0.25) is 0 Å². The molecule has 0 radical (unpaired) electrons. The van der Waals surface area contributed by atoms with E-state index < -0.39 is 11.7 Å². The average molecular weight is 267 g/mol. The van der Waals surface area contributed by atoms with Crippen LogP contribution in [0.5, 0.6) is 0 Å². The van der Waals surface area contributed by atoms with Crippen LogP contribution in [-0.2, 0) is 12.6 Å². The molecule has 0 nitrogen and oxygen atoms in total. The lowest BCUT2D eigenvalue weighted by atomic mass is 10.1. The Morgan fingerprint density at radius 2 is 1.93 bits per heavy atom. The summed E-state index contributed by atoms with van der Waals surface area (Å²) in [7, 11) is 0. The van der Waals surface area contributed by atoms with Gasteiger partial charge >= 0.3 is 6.18 Å². The smallest absolute Gasteiger partial charge is 0.166 e. The van der Waals surface area contributed by atoms with E-state index in [-0.39, 0.29) is 0 Å². The molecule has 0 aliphatic rings. The molecule has 0 aliphatic carbocycles. The Hall–Kier alpha value is -0.510. The Morgan fingerprint density at radius 1 is 1.21 bits per heavy atom. The SMILES string of the molecule is FC(F)(F)c1cccc(CCCBr)c1. The summed E-state index contributed by atoms with van der Waals surface area (Å²) < 4.78 is 36.8. The van der Waals surface area contributed by atoms with Crippen molar-refractivity contribution in [2.24, 2.45) is 0 Å². The van der Waals surface area contributed by atoms with E-state index >= 15 is 0 Å². The van der Waals surface area contributed by atoms with E-state index in [1.807, 2.05) is 0 Å². The molecule has 4 heteroatoms. The summed E-state index contributed by atoms with van der Waals surface area (Å²) in [4.78, 5) is 0. The van der Waals surface area contributed by atoms with Gasteiger partial charge < -0.3 is 0 Å². The summed E-state index contributed by atoms with van der Waals surface area (Å²) in [5.41, 5.74) is 0.170. The van der Waals surface area contributed by atoms with Crippen LogP contribution in [0.4, 0.5) is 13.2 Å². The van der Waals surface area contributed by atoms with Gasteiger partial charge in [-0.3, -0.25) is 0 Å². The molecule has 0 aliphatic heterocycles. The summed E-state index contributed by atoms with van der Waals surface area (Å²) in [6.07, 6.45) is -2.71. The highest BCUT2D eigenvalue weighted by Gasteiger charge is 2.30. The molecule has 0 saturated heterocycles. The average Bonchev–Trinajstić information content (AvgIpc) is 2.14. The lowest BCUT2D eigenvalue weighted by molar-refractivity contribution is -0.137. The van der Waals surface area contributed by atoms with Gasteiger partial charge in [0.15, 0.2) is 0 Å². The summed E-state index contributed by atoms with van der Waals surface area (Å²) >= 11 is 3.24. The molecule has 1 rings (SSSR count). The van der Waals surface area contributed by atoms with Crippen LogP contribution in [0, 0.1) is 0 Å². The minimum absolute atomic E-state index is 0.565. The van der Waals surface area contributed by atoms with Gasteiger partial charge in [-0.15, -0.1) is 0 Å². The maximum atomic E-state index is 12.3. The summed E-state index contributed by atoms with van der Waals surface area (Å²) in [6.45, 7) is 0. The van der Waals surface area contributed by atoms with E-state index in [9.17, 15) is 13.2 Å². The van der Waals surface area contributed by atoms with Gasteiger partial charge in [0.05, 0.1) is 5.56 Å². The molecule has 0 aromatic heterocycles. The molecule has 1 aromatic rings. The molecule has 0 N–H and O–H groups in total. The Kier molecular flexibility index (Phi) is 3.98. The Balaban J connectivity index is 2.79. The molecule has 14 heavy (non-hydrogen) atoms. The van der Waals surface area contributed by atoms with Crippen molar-refractivity contribution in [3.63, 3.8) is 0 Å². The number of hydrogen-bond acceptors (Lipinski definition) is 0. The normalized spacial score (nSPS) is 11.7. The molecular weight excluding hydrogens is 257 g/mol. The van der Waals surface area contributed by atoms with Crippen LogP contribution in [0.15, 0.2) is 24.3 Å².